The largest absolute Gasteiger partial charge is 0.461 e. The van der Waals surface area contributed by atoms with Gasteiger partial charge in [0, 0.05) is 17.3 Å². The highest BCUT2D eigenvalue weighted by atomic mass is 35.5. The van der Waals surface area contributed by atoms with E-state index >= 15 is 0 Å². The maximum absolute atomic E-state index is 11.7. The van der Waals surface area contributed by atoms with Gasteiger partial charge in [0.05, 0.1) is 12.3 Å². The molecule has 1 aromatic heterocycles. The van der Waals surface area contributed by atoms with Crippen LogP contribution in [-0.2, 0) is 4.74 Å². The van der Waals surface area contributed by atoms with Crippen LogP contribution >= 0.6 is 11.6 Å². The first-order chi connectivity index (χ1) is 11.7. The number of carbonyl (C=O) groups is 1. The lowest BCUT2D eigenvalue weighted by atomic mass is 10.3. The summed E-state index contributed by atoms with van der Waals surface area (Å²) in [5, 5.41) is 0.654. The Bertz CT molecular complexity index is 843. The summed E-state index contributed by atoms with van der Waals surface area (Å²) in [4.78, 5) is 15.8. The van der Waals surface area contributed by atoms with E-state index in [1.807, 2.05) is 24.3 Å². The fraction of sp³-hybridized carbons (Fsp3) is 0.111. The normalized spacial score (nSPS) is 10.4. The van der Waals surface area contributed by atoms with Crippen molar-refractivity contribution in [1.29, 1.82) is 0 Å². The molecule has 1 heterocycles. The van der Waals surface area contributed by atoms with Gasteiger partial charge in [0.2, 0.25) is 0 Å². The lowest BCUT2D eigenvalue weighted by Crippen LogP contribution is -2.04. The molecule has 0 N–H and O–H groups in total. The average molecular weight is 343 g/mol. The zero-order valence-corrected chi connectivity index (χ0v) is 13.7. The summed E-state index contributed by atoms with van der Waals surface area (Å²) in [5.74, 6) is 0.917. The molecule has 6 heteroatoms. The van der Waals surface area contributed by atoms with E-state index in [1.54, 1.807) is 48.3 Å². The van der Waals surface area contributed by atoms with Gasteiger partial charge in [-0.1, -0.05) is 17.7 Å². The fourth-order valence-electron chi connectivity index (χ4n) is 2.12. The molecule has 0 aliphatic rings. The average Bonchev–Trinajstić information content (AvgIpc) is 3.08. The number of nitrogens with zero attached hydrogens (tertiary/aromatic N) is 2. The van der Waals surface area contributed by atoms with E-state index < -0.39 is 5.97 Å². The standard InChI is InChI=1S/C18H15ClN2O3/c1-2-23-18(22)17-11-21(12-20-17)14-4-3-5-16(10-14)24-15-8-6-13(19)7-9-15/h3-12H,2H2,1H3. The number of rotatable bonds is 5. The van der Waals surface area contributed by atoms with E-state index in [0.717, 1.165) is 5.69 Å². The van der Waals surface area contributed by atoms with Gasteiger partial charge in [-0.2, -0.15) is 0 Å². The second-order valence-electron chi connectivity index (χ2n) is 4.94. The molecule has 0 aliphatic heterocycles. The Hall–Kier alpha value is -2.79. The van der Waals surface area contributed by atoms with E-state index in [0.29, 0.717) is 23.1 Å². The van der Waals surface area contributed by atoms with E-state index in [1.165, 1.54) is 0 Å². The highest BCUT2D eigenvalue weighted by Gasteiger charge is 2.11. The van der Waals surface area contributed by atoms with Crippen molar-refractivity contribution in [3.63, 3.8) is 0 Å². The molecular formula is C18H15ClN2O3. The fourth-order valence-corrected chi connectivity index (χ4v) is 2.25. The number of hydrogen-bond donors (Lipinski definition) is 0. The molecule has 0 saturated carbocycles. The number of aromatic nitrogens is 2. The highest BCUT2D eigenvalue weighted by Crippen LogP contribution is 2.25. The van der Waals surface area contributed by atoms with Gasteiger partial charge >= 0.3 is 5.97 Å². The summed E-state index contributed by atoms with van der Waals surface area (Å²) >= 11 is 5.87. The third-order valence-electron chi connectivity index (χ3n) is 3.23. The minimum atomic E-state index is -0.440. The van der Waals surface area contributed by atoms with Crippen molar-refractivity contribution < 1.29 is 14.3 Å². The second kappa shape index (κ2) is 7.19. The van der Waals surface area contributed by atoms with Gasteiger partial charge in [-0.3, -0.25) is 0 Å². The number of halogens is 1. The number of esters is 1. The Labute approximate surface area is 144 Å². The Balaban J connectivity index is 1.80. The zero-order valence-electron chi connectivity index (χ0n) is 13.0. The molecule has 24 heavy (non-hydrogen) atoms. The van der Waals surface area contributed by atoms with E-state index in [9.17, 15) is 4.79 Å². The molecule has 0 amide bonds. The van der Waals surface area contributed by atoms with Crippen LogP contribution in [0.15, 0.2) is 61.1 Å². The first-order valence-corrected chi connectivity index (χ1v) is 7.78. The molecule has 0 bridgehead atoms. The maximum Gasteiger partial charge on any atom is 0.358 e. The van der Waals surface area contributed by atoms with Gasteiger partial charge in [-0.15, -0.1) is 0 Å². The van der Waals surface area contributed by atoms with Crippen molar-refractivity contribution in [2.75, 3.05) is 6.61 Å². The number of imidazole rings is 1. The third kappa shape index (κ3) is 3.75. The molecular weight excluding hydrogens is 328 g/mol. The van der Waals surface area contributed by atoms with Gasteiger partial charge in [-0.05, 0) is 43.3 Å². The third-order valence-corrected chi connectivity index (χ3v) is 3.48. The van der Waals surface area contributed by atoms with Gasteiger partial charge < -0.3 is 14.0 Å². The quantitative estimate of drug-likeness (QED) is 0.641. The highest BCUT2D eigenvalue weighted by molar-refractivity contribution is 6.30. The molecule has 5 nitrogen and oxygen atoms in total. The van der Waals surface area contributed by atoms with Gasteiger partial charge in [0.25, 0.3) is 0 Å². The molecule has 0 fully saturated rings. The molecule has 0 unspecified atom stereocenters. The van der Waals surface area contributed by atoms with E-state index in [4.69, 9.17) is 21.1 Å². The smallest absolute Gasteiger partial charge is 0.358 e. The molecule has 0 spiro atoms. The number of hydrogen-bond acceptors (Lipinski definition) is 4. The summed E-state index contributed by atoms with van der Waals surface area (Å²) in [7, 11) is 0. The number of ether oxygens (including phenoxy) is 2. The van der Waals surface area contributed by atoms with Crippen LogP contribution in [0.4, 0.5) is 0 Å². The summed E-state index contributed by atoms with van der Waals surface area (Å²) in [5.41, 5.74) is 1.09. The van der Waals surface area contributed by atoms with Gasteiger partial charge in [0.1, 0.15) is 17.8 Å². The monoisotopic (exact) mass is 342 g/mol. The van der Waals surface area contributed by atoms with Crippen LogP contribution in [0.25, 0.3) is 5.69 Å². The molecule has 122 valence electrons. The maximum atomic E-state index is 11.7. The summed E-state index contributed by atoms with van der Waals surface area (Å²) in [6.07, 6.45) is 3.19. The van der Waals surface area contributed by atoms with Gasteiger partial charge in [-0.25, -0.2) is 9.78 Å². The van der Waals surface area contributed by atoms with Crippen molar-refractivity contribution in [3.8, 4) is 17.2 Å². The topological polar surface area (TPSA) is 53.4 Å². The number of carbonyl (C=O) groups excluding carboxylic acids is 1. The minimum Gasteiger partial charge on any atom is -0.461 e. The van der Waals surface area contributed by atoms with Crippen LogP contribution < -0.4 is 4.74 Å². The summed E-state index contributed by atoms with van der Waals surface area (Å²) in [6, 6.07) is 14.6. The predicted molar refractivity (Wildman–Crippen MR) is 91.0 cm³/mol. The lowest BCUT2D eigenvalue weighted by Gasteiger charge is -2.08. The SMILES string of the molecule is CCOC(=O)c1cn(-c2cccc(Oc3ccc(Cl)cc3)c2)cn1. The van der Waals surface area contributed by atoms with E-state index in [2.05, 4.69) is 4.98 Å². The van der Waals surface area contributed by atoms with Crippen LogP contribution in [0, 0.1) is 0 Å². The lowest BCUT2D eigenvalue weighted by molar-refractivity contribution is 0.0520. The molecule has 0 saturated heterocycles. The minimum absolute atomic E-state index is 0.265. The van der Waals surface area contributed by atoms with Crippen LogP contribution in [0.5, 0.6) is 11.5 Å². The first kappa shape index (κ1) is 16.1. The zero-order chi connectivity index (χ0) is 16.9. The Morgan fingerprint density at radius 3 is 2.71 bits per heavy atom. The first-order valence-electron chi connectivity index (χ1n) is 7.40. The van der Waals surface area contributed by atoms with Crippen molar-refractivity contribution >= 4 is 17.6 Å². The Morgan fingerprint density at radius 2 is 1.96 bits per heavy atom. The Kier molecular flexibility index (Phi) is 4.82. The summed E-state index contributed by atoms with van der Waals surface area (Å²) < 4.78 is 12.5. The van der Waals surface area contributed by atoms with Crippen molar-refractivity contribution in [3.05, 3.63) is 71.8 Å². The number of benzene rings is 2. The molecule has 3 rings (SSSR count). The van der Waals surface area contributed by atoms with Crippen LogP contribution in [0.1, 0.15) is 17.4 Å². The molecule has 0 radical (unpaired) electrons. The molecule has 0 atom stereocenters. The molecule has 2 aromatic carbocycles. The van der Waals surface area contributed by atoms with Crippen molar-refractivity contribution in [2.45, 2.75) is 6.92 Å². The van der Waals surface area contributed by atoms with Crippen LogP contribution in [0.3, 0.4) is 0 Å². The van der Waals surface area contributed by atoms with E-state index in [-0.39, 0.29) is 5.69 Å². The van der Waals surface area contributed by atoms with Crippen LogP contribution in [0.2, 0.25) is 5.02 Å². The molecule has 0 aliphatic carbocycles. The van der Waals surface area contributed by atoms with Gasteiger partial charge in [0.15, 0.2) is 5.69 Å². The van der Waals surface area contributed by atoms with Crippen LogP contribution in [-0.4, -0.2) is 22.1 Å². The summed E-state index contributed by atoms with van der Waals surface area (Å²) in [6.45, 7) is 2.07. The predicted octanol–water partition coefficient (Wildman–Crippen LogP) is 4.49. The Morgan fingerprint density at radius 1 is 1.17 bits per heavy atom. The van der Waals surface area contributed by atoms with Crippen molar-refractivity contribution in [2.24, 2.45) is 0 Å². The van der Waals surface area contributed by atoms with Crippen molar-refractivity contribution in [1.82, 2.24) is 9.55 Å². The molecule has 3 aromatic rings. The second-order valence-corrected chi connectivity index (χ2v) is 5.38.